The summed E-state index contributed by atoms with van der Waals surface area (Å²) in [7, 11) is 0. The van der Waals surface area contributed by atoms with E-state index in [0.29, 0.717) is 32.1 Å². The summed E-state index contributed by atoms with van der Waals surface area (Å²) in [5.74, 6) is -4.76. The first-order valence-electron chi connectivity index (χ1n) is 12.5. The largest absolute Gasteiger partial charge is 0.489 e. The number of amides is 1. The molecule has 2 unspecified atom stereocenters. The second-order valence-electron chi connectivity index (χ2n) is 9.82. The molecule has 2 aliphatic rings. The van der Waals surface area contributed by atoms with Gasteiger partial charge in [-0.25, -0.2) is 0 Å². The monoisotopic (exact) mass is 548 g/mol. The molecule has 9 heteroatoms. The highest BCUT2D eigenvalue weighted by molar-refractivity contribution is 6.32. The molecule has 5 nitrogen and oxygen atoms in total. The number of benzene rings is 3. The van der Waals surface area contributed by atoms with Crippen molar-refractivity contribution in [3.05, 3.63) is 75.8 Å². The predicted octanol–water partition coefficient (Wildman–Crippen LogP) is 6.09. The summed E-state index contributed by atoms with van der Waals surface area (Å²) in [5.41, 5.74) is -0.0117. The molecule has 0 spiro atoms. The number of hydrogen-bond donors (Lipinski definition) is 2. The van der Waals surface area contributed by atoms with Crippen LogP contribution < -0.4 is 10.1 Å². The van der Waals surface area contributed by atoms with Crippen LogP contribution in [-0.2, 0) is 10.7 Å². The van der Waals surface area contributed by atoms with Crippen molar-refractivity contribution >= 4 is 39.9 Å². The van der Waals surface area contributed by atoms with Gasteiger partial charge in [-0.05, 0) is 85.4 Å². The number of aliphatic hydroxyl groups is 1. The van der Waals surface area contributed by atoms with Crippen LogP contribution in [0.25, 0.3) is 10.8 Å². The van der Waals surface area contributed by atoms with Gasteiger partial charge in [-0.1, -0.05) is 47.5 Å². The topological polar surface area (TPSA) is 61.8 Å². The second kappa shape index (κ2) is 10.7. The summed E-state index contributed by atoms with van der Waals surface area (Å²) in [6.45, 7) is 1.78. The number of aliphatic hydroxyl groups excluding tert-OH is 1. The molecule has 3 aromatic rings. The van der Waals surface area contributed by atoms with Crippen LogP contribution in [0.5, 0.6) is 5.75 Å². The van der Waals surface area contributed by atoms with Crippen LogP contribution in [0.4, 0.5) is 8.78 Å². The van der Waals surface area contributed by atoms with Gasteiger partial charge in [0.05, 0.1) is 17.2 Å². The number of fused-ring (bicyclic) bond motifs is 1. The van der Waals surface area contributed by atoms with Gasteiger partial charge in [0.2, 0.25) is 0 Å². The summed E-state index contributed by atoms with van der Waals surface area (Å²) in [6, 6.07) is 12.9. The lowest BCUT2D eigenvalue weighted by atomic mass is 9.99. The van der Waals surface area contributed by atoms with Crippen molar-refractivity contribution in [3.63, 3.8) is 0 Å². The third kappa shape index (κ3) is 6.01. The van der Waals surface area contributed by atoms with Crippen molar-refractivity contribution in [2.75, 3.05) is 19.6 Å². The lowest BCUT2D eigenvalue weighted by molar-refractivity contribution is -0.149. The summed E-state index contributed by atoms with van der Waals surface area (Å²) >= 11 is 12.4. The van der Waals surface area contributed by atoms with E-state index in [9.17, 15) is 9.90 Å². The second-order valence-corrected chi connectivity index (χ2v) is 10.7. The van der Waals surface area contributed by atoms with Crippen molar-refractivity contribution in [1.29, 1.82) is 0 Å². The van der Waals surface area contributed by atoms with Crippen LogP contribution in [0.15, 0.2) is 54.6 Å². The zero-order valence-corrected chi connectivity index (χ0v) is 21.6. The Balaban J connectivity index is 1.37. The molecule has 0 bridgehead atoms. The molecule has 1 aliphatic heterocycles. The third-order valence-corrected chi connectivity index (χ3v) is 7.45. The standard InChI is InChI=1S/C28H28Cl2F2N2O3/c29-21-7-4-17-13-20(6-3-18(17)14-21)28(31,32)27(36)33-24(16-34-11-1-2-12-34)26(35)19-5-10-25(23(30)15-19)37-22-8-9-22/h3-7,10,13-15,22,24,26,35H,1-2,8-9,11-12,16H2,(H,33,36). The number of halogens is 4. The molecule has 37 heavy (non-hydrogen) atoms. The summed E-state index contributed by atoms with van der Waals surface area (Å²) < 4.78 is 36.5. The van der Waals surface area contributed by atoms with Crippen molar-refractivity contribution in [1.82, 2.24) is 10.2 Å². The Morgan fingerprint density at radius 2 is 1.76 bits per heavy atom. The number of carbonyl (C=O) groups is 1. The molecule has 1 amide bonds. The van der Waals surface area contributed by atoms with E-state index in [1.54, 1.807) is 36.4 Å². The molecule has 196 valence electrons. The summed E-state index contributed by atoms with van der Waals surface area (Å²) in [6.07, 6.45) is 2.82. The van der Waals surface area contributed by atoms with Crippen LogP contribution in [-0.4, -0.2) is 47.7 Å². The smallest absolute Gasteiger partial charge is 0.349 e. The van der Waals surface area contributed by atoms with Crippen LogP contribution in [0, 0.1) is 0 Å². The molecular weight excluding hydrogens is 521 g/mol. The minimum absolute atomic E-state index is 0.157. The Labute approximate surface area is 224 Å². The third-order valence-electron chi connectivity index (χ3n) is 6.92. The maximum absolute atomic E-state index is 15.4. The Hall–Kier alpha value is -2.45. The van der Waals surface area contributed by atoms with Gasteiger partial charge in [0, 0.05) is 17.1 Å². The van der Waals surface area contributed by atoms with Crippen molar-refractivity contribution in [2.24, 2.45) is 0 Å². The van der Waals surface area contributed by atoms with E-state index in [4.69, 9.17) is 27.9 Å². The zero-order chi connectivity index (χ0) is 26.2. The Morgan fingerprint density at radius 3 is 2.46 bits per heavy atom. The van der Waals surface area contributed by atoms with E-state index >= 15 is 8.78 Å². The molecule has 1 heterocycles. The number of nitrogens with one attached hydrogen (secondary N) is 1. The fourth-order valence-corrected chi connectivity index (χ4v) is 5.08. The number of carbonyl (C=O) groups excluding carboxylic acids is 1. The van der Waals surface area contributed by atoms with E-state index < -0.39 is 29.5 Å². The van der Waals surface area contributed by atoms with Crippen molar-refractivity contribution in [2.45, 2.75) is 49.9 Å². The van der Waals surface area contributed by atoms with Crippen LogP contribution >= 0.6 is 23.2 Å². The van der Waals surface area contributed by atoms with Crippen LogP contribution in [0.2, 0.25) is 10.0 Å². The zero-order valence-electron chi connectivity index (χ0n) is 20.1. The fourth-order valence-electron chi connectivity index (χ4n) is 4.66. The highest BCUT2D eigenvalue weighted by Gasteiger charge is 2.43. The van der Waals surface area contributed by atoms with E-state index in [0.717, 1.165) is 38.8 Å². The molecule has 1 aliphatic carbocycles. The molecule has 2 fully saturated rings. The van der Waals surface area contributed by atoms with Gasteiger partial charge in [0.25, 0.3) is 5.91 Å². The maximum Gasteiger partial charge on any atom is 0.349 e. The summed E-state index contributed by atoms with van der Waals surface area (Å²) in [4.78, 5) is 15.0. The van der Waals surface area contributed by atoms with Gasteiger partial charge in [-0.15, -0.1) is 0 Å². The van der Waals surface area contributed by atoms with Gasteiger partial charge in [-0.3, -0.25) is 4.79 Å². The SMILES string of the molecule is O=C(NC(CN1CCCC1)C(O)c1ccc(OC2CC2)c(Cl)c1)C(F)(F)c1ccc2cc(Cl)ccc2c1. The fraction of sp³-hybridized carbons (Fsp3) is 0.393. The van der Waals surface area contributed by atoms with Crippen LogP contribution in [0.1, 0.15) is 42.9 Å². The van der Waals surface area contributed by atoms with Gasteiger partial charge in [-0.2, -0.15) is 8.78 Å². The van der Waals surface area contributed by atoms with Gasteiger partial charge in [0.15, 0.2) is 0 Å². The molecule has 2 N–H and O–H groups in total. The quantitative estimate of drug-likeness (QED) is 0.339. The molecule has 0 aromatic heterocycles. The Kier molecular flexibility index (Phi) is 7.59. The minimum atomic E-state index is -3.81. The van der Waals surface area contributed by atoms with Gasteiger partial charge < -0.3 is 20.1 Å². The number of alkyl halides is 2. The first-order valence-corrected chi connectivity index (χ1v) is 13.2. The number of rotatable bonds is 9. The average molecular weight is 549 g/mol. The van der Waals surface area contributed by atoms with Gasteiger partial charge >= 0.3 is 5.92 Å². The molecule has 5 rings (SSSR count). The average Bonchev–Trinajstić information content (AvgIpc) is 3.55. The van der Waals surface area contributed by atoms with Crippen LogP contribution in [0.3, 0.4) is 0 Å². The van der Waals surface area contributed by atoms with E-state index in [1.807, 2.05) is 0 Å². The molecule has 0 radical (unpaired) electrons. The summed E-state index contributed by atoms with van der Waals surface area (Å²) in [5, 5.41) is 15.7. The van der Waals surface area contributed by atoms with Crippen molar-refractivity contribution in [3.8, 4) is 5.75 Å². The van der Waals surface area contributed by atoms with Crippen molar-refractivity contribution < 1.29 is 23.4 Å². The first kappa shape index (κ1) is 26.2. The molecule has 2 atom stereocenters. The first-order chi connectivity index (χ1) is 17.7. The van der Waals surface area contributed by atoms with Gasteiger partial charge in [0.1, 0.15) is 11.9 Å². The molecule has 1 saturated carbocycles. The van der Waals surface area contributed by atoms with E-state index in [-0.39, 0.29) is 12.6 Å². The van der Waals surface area contributed by atoms with E-state index in [2.05, 4.69) is 10.2 Å². The molecule has 1 saturated heterocycles. The lowest BCUT2D eigenvalue weighted by Crippen LogP contribution is -2.50. The minimum Gasteiger partial charge on any atom is -0.489 e. The Morgan fingerprint density at radius 1 is 1.05 bits per heavy atom. The molecular formula is C28H28Cl2F2N2O3. The predicted molar refractivity (Wildman–Crippen MR) is 141 cm³/mol. The normalized spacial score (nSPS) is 18.1. The highest BCUT2D eigenvalue weighted by atomic mass is 35.5. The number of nitrogens with zero attached hydrogens (tertiary/aromatic N) is 1. The maximum atomic E-state index is 15.4. The number of hydrogen-bond acceptors (Lipinski definition) is 4. The number of ether oxygens (including phenoxy) is 1. The Bertz CT molecular complexity index is 1300. The number of likely N-dealkylation sites (tertiary alicyclic amines) is 1. The van der Waals surface area contributed by atoms with E-state index in [1.165, 1.54) is 18.2 Å². The highest BCUT2D eigenvalue weighted by Crippen LogP contribution is 2.35. The lowest BCUT2D eigenvalue weighted by Gasteiger charge is -2.30. The molecule has 3 aromatic carbocycles.